The fourth-order valence-electron chi connectivity index (χ4n) is 3.43. The van der Waals surface area contributed by atoms with Gasteiger partial charge in [0.25, 0.3) is 0 Å². The molecular formula is C15H21ClN6O. The number of morpholine rings is 1. The van der Waals surface area contributed by atoms with Crippen LogP contribution in [0.4, 0.5) is 11.8 Å². The summed E-state index contributed by atoms with van der Waals surface area (Å²) in [4.78, 5) is 18.1. The largest absolute Gasteiger partial charge is 0.378 e. The van der Waals surface area contributed by atoms with Crippen LogP contribution >= 0.6 is 11.6 Å². The third-order valence-electron chi connectivity index (χ3n) is 4.61. The number of piperidine rings is 1. The van der Waals surface area contributed by atoms with Crippen molar-refractivity contribution in [2.45, 2.75) is 19.3 Å². The first-order valence-corrected chi connectivity index (χ1v) is 8.59. The second-order valence-corrected chi connectivity index (χ2v) is 6.44. The summed E-state index contributed by atoms with van der Waals surface area (Å²) in [5.74, 6) is 1.83. The van der Waals surface area contributed by atoms with E-state index in [0.29, 0.717) is 5.65 Å². The maximum absolute atomic E-state index is 6.16. The number of anilines is 2. The van der Waals surface area contributed by atoms with Crippen LogP contribution in [0.2, 0.25) is 5.28 Å². The van der Waals surface area contributed by atoms with Gasteiger partial charge in [-0.1, -0.05) is 0 Å². The molecule has 0 aromatic carbocycles. The Morgan fingerprint density at radius 3 is 2.39 bits per heavy atom. The minimum atomic E-state index is 0.268. The molecule has 0 bridgehead atoms. The number of hydrogen-bond acceptors (Lipinski definition) is 6. The van der Waals surface area contributed by atoms with Crippen LogP contribution in [0.5, 0.6) is 0 Å². The molecule has 0 aliphatic carbocycles. The van der Waals surface area contributed by atoms with Gasteiger partial charge in [0, 0.05) is 33.2 Å². The number of halogens is 1. The van der Waals surface area contributed by atoms with E-state index in [9.17, 15) is 0 Å². The minimum absolute atomic E-state index is 0.268. The lowest BCUT2D eigenvalue weighted by Gasteiger charge is -2.29. The first-order valence-electron chi connectivity index (χ1n) is 8.21. The van der Waals surface area contributed by atoms with E-state index in [4.69, 9.17) is 21.3 Å². The summed E-state index contributed by atoms with van der Waals surface area (Å²) in [5, 5.41) is 0.268. The molecule has 0 radical (unpaired) electrons. The Balaban J connectivity index is 1.81. The first kappa shape index (κ1) is 15.0. The highest BCUT2D eigenvalue weighted by Crippen LogP contribution is 2.30. The van der Waals surface area contributed by atoms with Crippen LogP contribution in [-0.2, 0) is 11.8 Å². The Morgan fingerprint density at radius 2 is 1.65 bits per heavy atom. The molecule has 2 aromatic heterocycles. The molecule has 4 heterocycles. The van der Waals surface area contributed by atoms with Crippen molar-refractivity contribution < 1.29 is 4.74 Å². The zero-order valence-corrected chi connectivity index (χ0v) is 14.1. The van der Waals surface area contributed by atoms with Crippen LogP contribution in [0.3, 0.4) is 0 Å². The lowest BCUT2D eigenvalue weighted by molar-refractivity contribution is 0.122. The van der Waals surface area contributed by atoms with Gasteiger partial charge in [-0.15, -0.1) is 0 Å². The van der Waals surface area contributed by atoms with E-state index in [1.54, 1.807) is 0 Å². The molecule has 0 saturated carbocycles. The number of nitrogens with zero attached hydrogens (tertiary/aromatic N) is 6. The lowest BCUT2D eigenvalue weighted by Crippen LogP contribution is -2.37. The Morgan fingerprint density at radius 1 is 0.913 bits per heavy atom. The normalized spacial score (nSPS) is 19.6. The number of fused-ring (bicyclic) bond motifs is 1. The van der Waals surface area contributed by atoms with E-state index < -0.39 is 0 Å². The number of rotatable bonds is 2. The summed E-state index contributed by atoms with van der Waals surface area (Å²) in [7, 11) is 2.03. The molecule has 0 N–H and O–H groups in total. The van der Waals surface area contributed by atoms with Crippen LogP contribution in [0.1, 0.15) is 19.3 Å². The van der Waals surface area contributed by atoms with Crippen LogP contribution in [0, 0.1) is 0 Å². The van der Waals surface area contributed by atoms with Crippen molar-refractivity contribution in [3.63, 3.8) is 0 Å². The van der Waals surface area contributed by atoms with E-state index in [1.807, 2.05) is 7.05 Å². The third-order valence-corrected chi connectivity index (χ3v) is 4.78. The van der Waals surface area contributed by atoms with Crippen molar-refractivity contribution in [1.82, 2.24) is 19.5 Å². The zero-order chi connectivity index (χ0) is 15.8. The molecule has 2 aliphatic rings. The number of aryl methyl sites for hydroxylation is 1. The molecular weight excluding hydrogens is 316 g/mol. The molecule has 23 heavy (non-hydrogen) atoms. The fraction of sp³-hybridized carbons (Fsp3) is 0.667. The van der Waals surface area contributed by atoms with Crippen LogP contribution in [0.15, 0.2) is 0 Å². The highest BCUT2D eigenvalue weighted by atomic mass is 35.5. The molecule has 124 valence electrons. The average molecular weight is 337 g/mol. The molecule has 2 saturated heterocycles. The molecule has 2 aliphatic heterocycles. The van der Waals surface area contributed by atoms with Gasteiger partial charge in [-0.25, -0.2) is 0 Å². The molecule has 7 nitrogen and oxygen atoms in total. The topological polar surface area (TPSA) is 59.3 Å². The van der Waals surface area contributed by atoms with E-state index in [1.165, 1.54) is 19.3 Å². The van der Waals surface area contributed by atoms with Crippen molar-refractivity contribution in [2.75, 3.05) is 49.2 Å². The Bertz CT molecular complexity index is 706. The number of aromatic nitrogens is 4. The summed E-state index contributed by atoms with van der Waals surface area (Å²) < 4.78 is 7.54. The number of imidazole rings is 1. The Kier molecular flexibility index (Phi) is 3.98. The standard InChI is InChI=1S/C15H21ClN6O/c1-20-11-12(18-15(20)22-7-9-23-10-8-22)17-14(16)19-13(11)21-5-3-2-4-6-21/h2-10H2,1H3. The fourth-order valence-corrected chi connectivity index (χ4v) is 3.59. The van der Waals surface area contributed by atoms with Crippen LogP contribution < -0.4 is 9.80 Å². The van der Waals surface area contributed by atoms with Gasteiger partial charge in [0.2, 0.25) is 11.2 Å². The van der Waals surface area contributed by atoms with E-state index in [-0.39, 0.29) is 5.28 Å². The maximum atomic E-state index is 6.16. The predicted molar refractivity (Wildman–Crippen MR) is 90.4 cm³/mol. The van der Waals surface area contributed by atoms with Crippen molar-refractivity contribution in [3.8, 4) is 0 Å². The molecule has 0 spiro atoms. The van der Waals surface area contributed by atoms with Crippen molar-refractivity contribution in [3.05, 3.63) is 5.28 Å². The van der Waals surface area contributed by atoms with E-state index >= 15 is 0 Å². The first-order chi connectivity index (χ1) is 11.2. The van der Waals surface area contributed by atoms with Gasteiger partial charge >= 0.3 is 0 Å². The van der Waals surface area contributed by atoms with Gasteiger partial charge < -0.3 is 19.1 Å². The van der Waals surface area contributed by atoms with Gasteiger partial charge in [0.05, 0.1) is 13.2 Å². The second kappa shape index (κ2) is 6.13. The summed E-state index contributed by atoms with van der Waals surface area (Å²) in [6.07, 6.45) is 3.66. The summed E-state index contributed by atoms with van der Waals surface area (Å²) in [6.45, 7) is 5.18. The van der Waals surface area contributed by atoms with Gasteiger partial charge in [-0.2, -0.15) is 15.0 Å². The third kappa shape index (κ3) is 2.72. The summed E-state index contributed by atoms with van der Waals surface area (Å²) in [5.41, 5.74) is 1.65. The second-order valence-electron chi connectivity index (χ2n) is 6.11. The van der Waals surface area contributed by atoms with Crippen LogP contribution in [-0.4, -0.2) is 58.9 Å². The smallest absolute Gasteiger partial charge is 0.226 e. The van der Waals surface area contributed by atoms with Gasteiger partial charge in [0.1, 0.15) is 5.52 Å². The van der Waals surface area contributed by atoms with Gasteiger partial charge in [0.15, 0.2) is 11.5 Å². The van der Waals surface area contributed by atoms with Gasteiger partial charge in [-0.3, -0.25) is 0 Å². The SMILES string of the molecule is Cn1c(N2CCOCC2)nc2nc(Cl)nc(N3CCCCC3)c21. The molecule has 8 heteroatoms. The number of ether oxygens (including phenoxy) is 1. The maximum Gasteiger partial charge on any atom is 0.226 e. The molecule has 4 rings (SSSR count). The molecule has 0 atom stereocenters. The molecule has 0 unspecified atom stereocenters. The highest BCUT2D eigenvalue weighted by molar-refractivity contribution is 6.28. The Labute approximate surface area is 140 Å². The lowest BCUT2D eigenvalue weighted by atomic mass is 10.1. The highest BCUT2D eigenvalue weighted by Gasteiger charge is 2.24. The quantitative estimate of drug-likeness (QED) is 0.780. The van der Waals surface area contributed by atoms with Crippen LogP contribution in [0.25, 0.3) is 11.2 Å². The zero-order valence-electron chi connectivity index (χ0n) is 13.3. The minimum Gasteiger partial charge on any atom is -0.378 e. The molecule has 0 amide bonds. The predicted octanol–water partition coefficient (Wildman–Crippen LogP) is 1.84. The van der Waals surface area contributed by atoms with E-state index in [2.05, 4.69) is 24.3 Å². The molecule has 2 fully saturated rings. The van der Waals surface area contributed by atoms with Crippen molar-refractivity contribution >= 4 is 34.5 Å². The van der Waals surface area contributed by atoms with E-state index in [0.717, 1.165) is 56.7 Å². The van der Waals surface area contributed by atoms with Crippen molar-refractivity contribution in [2.24, 2.45) is 7.05 Å². The molecule has 2 aromatic rings. The number of hydrogen-bond donors (Lipinski definition) is 0. The van der Waals surface area contributed by atoms with Gasteiger partial charge in [-0.05, 0) is 30.9 Å². The average Bonchev–Trinajstić information content (AvgIpc) is 2.92. The Hall–Kier alpha value is -1.60. The van der Waals surface area contributed by atoms with Crippen molar-refractivity contribution in [1.29, 1.82) is 0 Å². The monoisotopic (exact) mass is 336 g/mol. The summed E-state index contributed by atoms with van der Waals surface area (Å²) in [6, 6.07) is 0. The summed E-state index contributed by atoms with van der Waals surface area (Å²) >= 11 is 6.16.